The van der Waals surface area contributed by atoms with Gasteiger partial charge in [0, 0.05) is 0 Å². The van der Waals surface area contributed by atoms with Crippen molar-refractivity contribution in [1.29, 1.82) is 0 Å². The highest BCUT2D eigenvalue weighted by atomic mass is 14.1. The van der Waals surface area contributed by atoms with Crippen molar-refractivity contribution in [2.75, 3.05) is 0 Å². The van der Waals surface area contributed by atoms with E-state index < -0.39 is 0 Å². The molecular weight excluding hydrogens is 264 g/mol. The van der Waals surface area contributed by atoms with Crippen LogP contribution in [0.5, 0.6) is 0 Å². The fourth-order valence-electron chi connectivity index (χ4n) is 3.52. The zero-order valence-corrected chi connectivity index (χ0v) is 16.3. The summed E-state index contributed by atoms with van der Waals surface area (Å²) in [6, 6.07) is 0. The lowest BCUT2D eigenvalue weighted by atomic mass is 9.90. The van der Waals surface area contributed by atoms with Gasteiger partial charge in [0.15, 0.2) is 0 Å². The second kappa shape index (κ2) is 19.0. The van der Waals surface area contributed by atoms with Crippen LogP contribution in [0, 0.1) is 5.92 Å². The molecule has 0 bridgehead atoms. The first kappa shape index (κ1) is 22.0. The van der Waals surface area contributed by atoms with Crippen LogP contribution in [0.15, 0.2) is 0 Å². The standard InChI is InChI=1S/C22H46/c1-4-7-10-11-12-13-14-15-16-17-18-21-22(19-8-5-2)20-9-6-3/h22H,4-21H2,1-3H3. The molecule has 0 fully saturated rings. The van der Waals surface area contributed by atoms with E-state index in [1.165, 1.54) is 116 Å². The summed E-state index contributed by atoms with van der Waals surface area (Å²) in [5.74, 6) is 1.04. The minimum absolute atomic E-state index is 1.04. The number of rotatable bonds is 18. The molecule has 22 heavy (non-hydrogen) atoms. The van der Waals surface area contributed by atoms with Crippen LogP contribution in [-0.2, 0) is 0 Å². The minimum atomic E-state index is 1.04. The Hall–Kier alpha value is 0. The molecule has 0 aliphatic heterocycles. The fraction of sp³-hybridized carbons (Fsp3) is 1.00. The highest BCUT2D eigenvalue weighted by molar-refractivity contribution is 4.60. The molecule has 0 spiro atoms. The summed E-state index contributed by atoms with van der Waals surface area (Å²) in [7, 11) is 0. The highest BCUT2D eigenvalue weighted by Gasteiger charge is 2.07. The van der Waals surface area contributed by atoms with Gasteiger partial charge in [0.1, 0.15) is 0 Å². The van der Waals surface area contributed by atoms with Crippen LogP contribution in [0.1, 0.15) is 136 Å². The largest absolute Gasteiger partial charge is 0.0654 e. The average Bonchev–Trinajstić information content (AvgIpc) is 2.54. The van der Waals surface area contributed by atoms with E-state index in [1.807, 2.05) is 0 Å². The first-order chi connectivity index (χ1) is 10.8. The highest BCUT2D eigenvalue weighted by Crippen LogP contribution is 2.23. The first-order valence-corrected chi connectivity index (χ1v) is 10.8. The lowest BCUT2D eigenvalue weighted by Gasteiger charge is -2.16. The molecule has 0 amide bonds. The van der Waals surface area contributed by atoms with Gasteiger partial charge in [0.2, 0.25) is 0 Å². The minimum Gasteiger partial charge on any atom is -0.0654 e. The second-order valence-electron chi connectivity index (χ2n) is 7.47. The summed E-state index contributed by atoms with van der Waals surface area (Å²) >= 11 is 0. The van der Waals surface area contributed by atoms with Gasteiger partial charge in [0.25, 0.3) is 0 Å². The summed E-state index contributed by atoms with van der Waals surface area (Å²) in [4.78, 5) is 0. The third-order valence-electron chi connectivity index (χ3n) is 5.15. The van der Waals surface area contributed by atoms with Crippen molar-refractivity contribution in [2.24, 2.45) is 5.92 Å². The quantitative estimate of drug-likeness (QED) is 0.222. The molecule has 0 aliphatic carbocycles. The average molecular weight is 311 g/mol. The summed E-state index contributed by atoms with van der Waals surface area (Å²) in [6.45, 7) is 6.97. The smallest absolute Gasteiger partial charge is 0.0414 e. The van der Waals surface area contributed by atoms with Crippen molar-refractivity contribution in [3.8, 4) is 0 Å². The first-order valence-electron chi connectivity index (χ1n) is 10.8. The molecular formula is C22H46. The maximum Gasteiger partial charge on any atom is -0.0414 e. The predicted molar refractivity (Wildman–Crippen MR) is 104 cm³/mol. The third-order valence-corrected chi connectivity index (χ3v) is 5.15. The van der Waals surface area contributed by atoms with Gasteiger partial charge < -0.3 is 0 Å². The molecule has 0 aromatic rings. The number of hydrogen-bond donors (Lipinski definition) is 0. The van der Waals surface area contributed by atoms with Gasteiger partial charge in [0.05, 0.1) is 0 Å². The number of unbranched alkanes of at least 4 members (excludes halogenated alkanes) is 12. The van der Waals surface area contributed by atoms with Gasteiger partial charge in [-0.05, 0) is 5.92 Å². The van der Waals surface area contributed by atoms with E-state index >= 15 is 0 Å². The zero-order chi connectivity index (χ0) is 16.3. The summed E-state index contributed by atoms with van der Waals surface area (Å²) in [5.41, 5.74) is 0. The molecule has 0 heterocycles. The van der Waals surface area contributed by atoms with E-state index in [-0.39, 0.29) is 0 Å². The molecule has 0 nitrogen and oxygen atoms in total. The van der Waals surface area contributed by atoms with E-state index in [2.05, 4.69) is 20.8 Å². The van der Waals surface area contributed by atoms with Crippen LogP contribution >= 0.6 is 0 Å². The molecule has 0 atom stereocenters. The Bertz CT molecular complexity index is 176. The molecule has 0 N–H and O–H groups in total. The van der Waals surface area contributed by atoms with Crippen molar-refractivity contribution in [2.45, 2.75) is 136 Å². The van der Waals surface area contributed by atoms with Crippen LogP contribution in [-0.4, -0.2) is 0 Å². The van der Waals surface area contributed by atoms with Crippen molar-refractivity contribution < 1.29 is 0 Å². The zero-order valence-electron chi connectivity index (χ0n) is 16.3. The molecule has 134 valence electrons. The summed E-state index contributed by atoms with van der Waals surface area (Å²) in [5, 5.41) is 0. The molecule has 0 aliphatic rings. The Morgan fingerprint density at radius 3 is 1.09 bits per heavy atom. The van der Waals surface area contributed by atoms with Crippen LogP contribution in [0.3, 0.4) is 0 Å². The molecule has 0 aromatic heterocycles. The normalized spacial score (nSPS) is 11.5. The van der Waals surface area contributed by atoms with Gasteiger partial charge in [-0.25, -0.2) is 0 Å². The Kier molecular flexibility index (Phi) is 19.0. The third kappa shape index (κ3) is 16.4. The molecule has 0 unspecified atom stereocenters. The van der Waals surface area contributed by atoms with Gasteiger partial charge in [-0.15, -0.1) is 0 Å². The maximum atomic E-state index is 2.33. The van der Waals surface area contributed by atoms with E-state index in [1.54, 1.807) is 0 Å². The summed E-state index contributed by atoms with van der Waals surface area (Å²) < 4.78 is 0. The van der Waals surface area contributed by atoms with Gasteiger partial charge in [-0.2, -0.15) is 0 Å². The monoisotopic (exact) mass is 310 g/mol. The lowest BCUT2D eigenvalue weighted by Crippen LogP contribution is -2.01. The topological polar surface area (TPSA) is 0 Å². The van der Waals surface area contributed by atoms with Crippen LogP contribution in [0.4, 0.5) is 0 Å². The molecule has 0 saturated heterocycles. The second-order valence-corrected chi connectivity index (χ2v) is 7.47. The van der Waals surface area contributed by atoms with Crippen molar-refractivity contribution in [3.05, 3.63) is 0 Å². The number of hydrogen-bond acceptors (Lipinski definition) is 0. The SMILES string of the molecule is CCCCCCCCCCCCCC(CCCC)CCCC. The van der Waals surface area contributed by atoms with Crippen LogP contribution in [0.2, 0.25) is 0 Å². The summed E-state index contributed by atoms with van der Waals surface area (Å²) in [6.07, 6.45) is 26.3. The molecule has 0 aromatic carbocycles. The van der Waals surface area contributed by atoms with Crippen LogP contribution in [0.25, 0.3) is 0 Å². The molecule has 0 heteroatoms. The molecule has 0 saturated carbocycles. The Morgan fingerprint density at radius 1 is 0.364 bits per heavy atom. The Balaban J connectivity index is 3.33. The Morgan fingerprint density at radius 2 is 0.682 bits per heavy atom. The molecule has 0 rings (SSSR count). The van der Waals surface area contributed by atoms with E-state index in [0.29, 0.717) is 0 Å². The van der Waals surface area contributed by atoms with Crippen molar-refractivity contribution in [3.63, 3.8) is 0 Å². The van der Waals surface area contributed by atoms with E-state index in [0.717, 1.165) is 5.92 Å². The Labute approximate surface area is 142 Å². The lowest BCUT2D eigenvalue weighted by molar-refractivity contribution is 0.376. The maximum absolute atomic E-state index is 2.33. The fourth-order valence-corrected chi connectivity index (χ4v) is 3.52. The van der Waals surface area contributed by atoms with Gasteiger partial charge in [-0.3, -0.25) is 0 Å². The predicted octanol–water partition coefficient (Wildman–Crippen LogP) is 8.68. The van der Waals surface area contributed by atoms with Gasteiger partial charge in [-0.1, -0.05) is 136 Å². The molecule has 0 radical (unpaired) electrons. The van der Waals surface area contributed by atoms with Gasteiger partial charge >= 0.3 is 0 Å². The van der Waals surface area contributed by atoms with Crippen LogP contribution < -0.4 is 0 Å². The van der Waals surface area contributed by atoms with Crippen molar-refractivity contribution >= 4 is 0 Å². The van der Waals surface area contributed by atoms with E-state index in [4.69, 9.17) is 0 Å². The van der Waals surface area contributed by atoms with Crippen molar-refractivity contribution in [1.82, 2.24) is 0 Å². The van der Waals surface area contributed by atoms with E-state index in [9.17, 15) is 0 Å².